The average molecular weight is 354 g/mol. The molecule has 1 saturated carbocycles. The van der Waals surface area contributed by atoms with Crippen molar-refractivity contribution < 1.29 is 4.79 Å². The minimum Gasteiger partial charge on any atom is -0.344 e. The summed E-state index contributed by atoms with van der Waals surface area (Å²) in [5.74, 6) is -0.0316. The number of aromatic nitrogens is 2. The molecule has 2 heterocycles. The van der Waals surface area contributed by atoms with Crippen LogP contribution in [0.4, 0.5) is 0 Å². The molecular formula is C14H16BrN3OS. The summed E-state index contributed by atoms with van der Waals surface area (Å²) in [6.07, 6.45) is 7.19. The van der Waals surface area contributed by atoms with Crippen molar-refractivity contribution in [1.82, 2.24) is 14.9 Å². The molecule has 1 amide bonds. The Balaban J connectivity index is 1.67. The van der Waals surface area contributed by atoms with Crippen molar-refractivity contribution in [2.75, 3.05) is 0 Å². The average Bonchev–Trinajstić information content (AvgIpc) is 3.05. The standard InChI is InChI=1S/C14H16BrN3OS/c1-2-11-6-16-13(20-11)7-17-14(19)12-5-9(15)8-18(12)10-3-4-10/h5-6,8,10H,2-4,7H2,1H3,(H,17,19). The molecule has 20 heavy (non-hydrogen) atoms. The van der Waals surface area contributed by atoms with Gasteiger partial charge in [-0.05, 0) is 41.3 Å². The van der Waals surface area contributed by atoms with Crippen LogP contribution in [0.2, 0.25) is 0 Å². The summed E-state index contributed by atoms with van der Waals surface area (Å²) in [5.41, 5.74) is 0.728. The summed E-state index contributed by atoms with van der Waals surface area (Å²) in [7, 11) is 0. The van der Waals surface area contributed by atoms with E-state index < -0.39 is 0 Å². The zero-order valence-corrected chi connectivity index (χ0v) is 13.6. The van der Waals surface area contributed by atoms with E-state index in [0.29, 0.717) is 12.6 Å². The number of halogens is 1. The van der Waals surface area contributed by atoms with Gasteiger partial charge in [0.05, 0.1) is 6.54 Å². The Hall–Kier alpha value is -1.14. The van der Waals surface area contributed by atoms with Gasteiger partial charge in [0.2, 0.25) is 0 Å². The van der Waals surface area contributed by atoms with Crippen LogP contribution >= 0.6 is 27.3 Å². The van der Waals surface area contributed by atoms with Gasteiger partial charge in [-0.25, -0.2) is 4.98 Å². The highest BCUT2D eigenvalue weighted by Crippen LogP contribution is 2.37. The molecule has 106 valence electrons. The van der Waals surface area contributed by atoms with Crippen molar-refractivity contribution in [3.8, 4) is 0 Å². The Morgan fingerprint density at radius 2 is 2.40 bits per heavy atom. The Bertz CT molecular complexity index is 630. The Kier molecular flexibility index (Phi) is 3.94. The van der Waals surface area contributed by atoms with Crippen molar-refractivity contribution in [3.63, 3.8) is 0 Å². The zero-order chi connectivity index (χ0) is 14.1. The van der Waals surface area contributed by atoms with E-state index in [4.69, 9.17) is 0 Å². The minimum atomic E-state index is -0.0316. The van der Waals surface area contributed by atoms with Crippen LogP contribution in [-0.2, 0) is 13.0 Å². The third-order valence-corrected chi connectivity index (χ3v) is 4.91. The molecule has 3 rings (SSSR count). The van der Waals surface area contributed by atoms with Crippen molar-refractivity contribution in [2.45, 2.75) is 38.8 Å². The lowest BCUT2D eigenvalue weighted by Gasteiger charge is -2.07. The third-order valence-electron chi connectivity index (χ3n) is 3.34. The predicted octanol–water partition coefficient (Wildman–Crippen LogP) is 3.53. The van der Waals surface area contributed by atoms with Gasteiger partial charge in [-0.1, -0.05) is 6.92 Å². The maximum atomic E-state index is 12.3. The second-order valence-electron chi connectivity index (χ2n) is 4.94. The lowest BCUT2D eigenvalue weighted by atomic mass is 10.4. The summed E-state index contributed by atoms with van der Waals surface area (Å²) >= 11 is 5.10. The molecule has 6 heteroatoms. The first-order chi connectivity index (χ1) is 9.67. The van der Waals surface area contributed by atoms with Gasteiger partial charge in [-0.15, -0.1) is 11.3 Å². The summed E-state index contributed by atoms with van der Waals surface area (Å²) in [5, 5.41) is 3.91. The second kappa shape index (κ2) is 5.69. The van der Waals surface area contributed by atoms with E-state index >= 15 is 0 Å². The van der Waals surface area contributed by atoms with Gasteiger partial charge in [0, 0.05) is 27.8 Å². The molecule has 2 aromatic heterocycles. The predicted molar refractivity (Wildman–Crippen MR) is 83.1 cm³/mol. The van der Waals surface area contributed by atoms with Crippen LogP contribution in [0.5, 0.6) is 0 Å². The fourth-order valence-electron chi connectivity index (χ4n) is 2.12. The monoisotopic (exact) mass is 353 g/mol. The highest BCUT2D eigenvalue weighted by molar-refractivity contribution is 9.10. The minimum absolute atomic E-state index is 0.0316. The fraction of sp³-hybridized carbons (Fsp3) is 0.429. The van der Waals surface area contributed by atoms with Gasteiger partial charge >= 0.3 is 0 Å². The number of nitrogens with zero attached hydrogens (tertiary/aromatic N) is 2. The molecule has 0 aliphatic heterocycles. The van der Waals surface area contributed by atoms with Gasteiger partial charge in [0.25, 0.3) is 5.91 Å². The normalized spacial score (nSPS) is 14.5. The van der Waals surface area contributed by atoms with E-state index in [2.05, 4.69) is 37.7 Å². The van der Waals surface area contributed by atoms with Crippen LogP contribution in [-0.4, -0.2) is 15.5 Å². The first-order valence-corrected chi connectivity index (χ1v) is 8.37. The molecule has 1 aliphatic rings. The van der Waals surface area contributed by atoms with Gasteiger partial charge in [-0.2, -0.15) is 0 Å². The SMILES string of the molecule is CCc1cnc(CNC(=O)c2cc(Br)cn2C2CC2)s1. The van der Waals surface area contributed by atoms with Gasteiger partial charge in [0.1, 0.15) is 10.7 Å². The highest BCUT2D eigenvalue weighted by Gasteiger charge is 2.27. The van der Waals surface area contributed by atoms with E-state index in [1.165, 1.54) is 4.88 Å². The molecule has 0 saturated heterocycles. The number of amides is 1. The first kappa shape index (κ1) is 13.8. The van der Waals surface area contributed by atoms with Crippen LogP contribution in [0.25, 0.3) is 0 Å². The first-order valence-electron chi connectivity index (χ1n) is 6.76. The Morgan fingerprint density at radius 1 is 1.60 bits per heavy atom. The molecule has 0 spiro atoms. The molecule has 1 aliphatic carbocycles. The number of aryl methyl sites for hydroxylation is 1. The van der Waals surface area contributed by atoms with E-state index in [1.807, 2.05) is 18.5 Å². The topological polar surface area (TPSA) is 46.9 Å². The van der Waals surface area contributed by atoms with E-state index in [1.54, 1.807) is 11.3 Å². The van der Waals surface area contributed by atoms with Crippen molar-refractivity contribution >= 4 is 33.2 Å². The number of hydrogen-bond donors (Lipinski definition) is 1. The van der Waals surface area contributed by atoms with Gasteiger partial charge in [0.15, 0.2) is 0 Å². The molecule has 0 radical (unpaired) electrons. The number of nitrogens with one attached hydrogen (secondary N) is 1. The zero-order valence-electron chi connectivity index (χ0n) is 11.2. The fourth-order valence-corrected chi connectivity index (χ4v) is 3.36. The molecule has 0 unspecified atom stereocenters. The molecule has 2 aromatic rings. The van der Waals surface area contributed by atoms with Crippen molar-refractivity contribution in [3.05, 3.63) is 38.5 Å². The number of carbonyl (C=O) groups is 1. The van der Waals surface area contributed by atoms with Gasteiger partial charge < -0.3 is 9.88 Å². The summed E-state index contributed by atoms with van der Waals surface area (Å²) < 4.78 is 3.02. The Morgan fingerprint density at radius 3 is 3.05 bits per heavy atom. The Labute approximate surface area is 130 Å². The summed E-state index contributed by atoms with van der Waals surface area (Å²) in [6.45, 7) is 2.60. The molecule has 4 nitrogen and oxygen atoms in total. The molecular weight excluding hydrogens is 338 g/mol. The van der Waals surface area contributed by atoms with E-state index in [0.717, 1.165) is 34.4 Å². The quantitative estimate of drug-likeness (QED) is 0.893. The van der Waals surface area contributed by atoms with Crippen LogP contribution in [0, 0.1) is 0 Å². The molecule has 1 fully saturated rings. The molecule has 0 aromatic carbocycles. The van der Waals surface area contributed by atoms with Crippen LogP contribution in [0.15, 0.2) is 22.9 Å². The maximum absolute atomic E-state index is 12.3. The van der Waals surface area contributed by atoms with Crippen molar-refractivity contribution in [1.29, 1.82) is 0 Å². The van der Waals surface area contributed by atoms with Gasteiger partial charge in [-0.3, -0.25) is 4.79 Å². The number of thiazole rings is 1. The van der Waals surface area contributed by atoms with Crippen LogP contribution in [0.1, 0.15) is 46.2 Å². The molecule has 1 N–H and O–H groups in total. The van der Waals surface area contributed by atoms with Crippen LogP contribution in [0.3, 0.4) is 0 Å². The number of rotatable bonds is 5. The lowest BCUT2D eigenvalue weighted by Crippen LogP contribution is -2.25. The smallest absolute Gasteiger partial charge is 0.268 e. The summed E-state index contributed by atoms with van der Waals surface area (Å²) in [4.78, 5) is 17.8. The third kappa shape index (κ3) is 2.96. The maximum Gasteiger partial charge on any atom is 0.268 e. The van der Waals surface area contributed by atoms with E-state index in [9.17, 15) is 4.79 Å². The molecule has 0 atom stereocenters. The van der Waals surface area contributed by atoms with E-state index in [-0.39, 0.29) is 5.91 Å². The van der Waals surface area contributed by atoms with Crippen molar-refractivity contribution in [2.24, 2.45) is 0 Å². The molecule has 0 bridgehead atoms. The van der Waals surface area contributed by atoms with Crippen LogP contribution < -0.4 is 5.32 Å². The number of hydrogen-bond acceptors (Lipinski definition) is 3. The number of carbonyl (C=O) groups excluding carboxylic acids is 1. The summed E-state index contributed by atoms with van der Waals surface area (Å²) in [6, 6.07) is 2.38. The second-order valence-corrected chi connectivity index (χ2v) is 7.05. The highest BCUT2D eigenvalue weighted by atomic mass is 79.9. The largest absolute Gasteiger partial charge is 0.344 e. The lowest BCUT2D eigenvalue weighted by molar-refractivity contribution is 0.0941.